The Morgan fingerprint density at radius 2 is 1.82 bits per heavy atom. The predicted octanol–water partition coefficient (Wildman–Crippen LogP) is 4.05. The average molecular weight is 380 g/mol. The Labute approximate surface area is 166 Å². The zero-order valence-electron chi connectivity index (χ0n) is 17.1. The molecule has 28 heavy (non-hydrogen) atoms. The standard InChI is InChI=1S/C22H28N4O2/c1-5-10-25(11-6-2)14-20(27)26-19-13-16(4)15(3)12-18(19)24-22(28)17-8-7-9-23-21(17)26/h7-9,12-13H,5-6,10-11,14H2,1-4H3,(H,24,28). The summed E-state index contributed by atoms with van der Waals surface area (Å²) >= 11 is 0. The number of pyridine rings is 1. The number of nitrogens with zero attached hydrogens (tertiary/aromatic N) is 3. The number of hydrogen-bond donors (Lipinski definition) is 1. The van der Waals surface area contributed by atoms with E-state index in [1.54, 1.807) is 23.2 Å². The van der Waals surface area contributed by atoms with Crippen molar-refractivity contribution in [1.82, 2.24) is 9.88 Å². The molecule has 6 heteroatoms. The number of hydrogen-bond acceptors (Lipinski definition) is 4. The lowest BCUT2D eigenvalue weighted by Crippen LogP contribution is -2.39. The van der Waals surface area contributed by atoms with Crippen LogP contribution >= 0.6 is 0 Å². The molecular weight excluding hydrogens is 352 g/mol. The summed E-state index contributed by atoms with van der Waals surface area (Å²) in [6, 6.07) is 7.30. The van der Waals surface area contributed by atoms with Crippen molar-refractivity contribution in [1.29, 1.82) is 0 Å². The molecule has 2 amide bonds. The molecular formula is C22H28N4O2. The number of aromatic nitrogens is 1. The number of benzene rings is 1. The van der Waals surface area contributed by atoms with E-state index < -0.39 is 0 Å². The number of fused-ring (bicyclic) bond motifs is 2. The highest BCUT2D eigenvalue weighted by molar-refractivity contribution is 6.17. The first-order valence-corrected chi connectivity index (χ1v) is 9.89. The third-order valence-electron chi connectivity index (χ3n) is 5.03. The van der Waals surface area contributed by atoms with E-state index in [0.29, 0.717) is 22.8 Å². The molecule has 0 saturated carbocycles. The molecule has 6 nitrogen and oxygen atoms in total. The van der Waals surface area contributed by atoms with Crippen LogP contribution < -0.4 is 10.2 Å². The highest BCUT2D eigenvalue weighted by Gasteiger charge is 2.31. The van der Waals surface area contributed by atoms with E-state index in [0.717, 1.165) is 37.1 Å². The molecule has 0 saturated heterocycles. The van der Waals surface area contributed by atoms with Crippen molar-refractivity contribution < 1.29 is 9.59 Å². The Bertz CT molecular complexity index is 888. The Morgan fingerprint density at radius 3 is 2.50 bits per heavy atom. The van der Waals surface area contributed by atoms with Crippen LogP contribution in [-0.2, 0) is 4.79 Å². The average Bonchev–Trinajstić information content (AvgIpc) is 2.77. The van der Waals surface area contributed by atoms with Gasteiger partial charge in [-0.1, -0.05) is 13.8 Å². The SMILES string of the molecule is CCCN(CCC)CC(=O)N1c2cc(C)c(C)cc2NC(=O)c2cccnc21. The van der Waals surface area contributed by atoms with Gasteiger partial charge < -0.3 is 5.32 Å². The third-order valence-corrected chi connectivity index (χ3v) is 5.03. The summed E-state index contributed by atoms with van der Waals surface area (Å²) in [5.41, 5.74) is 3.83. The van der Waals surface area contributed by atoms with Crippen LogP contribution in [0.3, 0.4) is 0 Å². The van der Waals surface area contributed by atoms with Gasteiger partial charge in [-0.05, 0) is 75.2 Å². The number of aryl methyl sites for hydroxylation is 2. The van der Waals surface area contributed by atoms with Gasteiger partial charge in [0.15, 0.2) is 5.82 Å². The second kappa shape index (κ2) is 8.52. The van der Waals surface area contributed by atoms with E-state index in [2.05, 4.69) is 29.0 Å². The fourth-order valence-corrected chi connectivity index (χ4v) is 3.56. The first-order chi connectivity index (χ1) is 13.5. The Kier molecular flexibility index (Phi) is 6.09. The molecule has 2 heterocycles. The van der Waals surface area contributed by atoms with Gasteiger partial charge in [-0.3, -0.25) is 19.4 Å². The monoisotopic (exact) mass is 380 g/mol. The normalized spacial score (nSPS) is 13.0. The van der Waals surface area contributed by atoms with Gasteiger partial charge in [0.05, 0.1) is 23.5 Å². The highest BCUT2D eigenvalue weighted by Crippen LogP contribution is 2.38. The van der Waals surface area contributed by atoms with Crippen molar-refractivity contribution in [3.05, 3.63) is 47.2 Å². The number of amides is 2. The summed E-state index contributed by atoms with van der Waals surface area (Å²) in [4.78, 5) is 34.4. The molecule has 1 N–H and O–H groups in total. The first-order valence-electron chi connectivity index (χ1n) is 9.89. The lowest BCUT2D eigenvalue weighted by molar-refractivity contribution is -0.119. The molecule has 3 rings (SSSR count). The van der Waals surface area contributed by atoms with Crippen LogP contribution in [-0.4, -0.2) is 41.3 Å². The summed E-state index contributed by atoms with van der Waals surface area (Å²) in [6.07, 6.45) is 3.59. The maximum absolute atomic E-state index is 13.4. The topological polar surface area (TPSA) is 65.5 Å². The molecule has 0 radical (unpaired) electrons. The van der Waals surface area contributed by atoms with Crippen LogP contribution in [0, 0.1) is 13.8 Å². The first kappa shape index (κ1) is 20.0. The zero-order chi connectivity index (χ0) is 20.3. The summed E-state index contributed by atoms with van der Waals surface area (Å²) in [6.45, 7) is 10.2. The Morgan fingerprint density at radius 1 is 1.14 bits per heavy atom. The molecule has 1 aliphatic rings. The minimum absolute atomic E-state index is 0.0807. The van der Waals surface area contributed by atoms with Crippen molar-refractivity contribution in [2.45, 2.75) is 40.5 Å². The lowest BCUT2D eigenvalue weighted by Gasteiger charge is -2.27. The second-order valence-electron chi connectivity index (χ2n) is 7.29. The van der Waals surface area contributed by atoms with Crippen LogP contribution in [0.25, 0.3) is 0 Å². The van der Waals surface area contributed by atoms with Gasteiger partial charge in [0.25, 0.3) is 5.91 Å². The molecule has 1 aliphatic heterocycles. The molecule has 2 aromatic rings. The quantitative estimate of drug-likeness (QED) is 0.821. The molecule has 1 aromatic carbocycles. The van der Waals surface area contributed by atoms with Crippen LogP contribution in [0.1, 0.15) is 48.2 Å². The van der Waals surface area contributed by atoms with Crippen molar-refractivity contribution in [2.24, 2.45) is 0 Å². The van der Waals surface area contributed by atoms with Gasteiger partial charge in [0.1, 0.15) is 0 Å². The van der Waals surface area contributed by atoms with Gasteiger partial charge in [-0.25, -0.2) is 4.98 Å². The molecule has 0 atom stereocenters. The number of nitrogens with one attached hydrogen (secondary N) is 1. The van der Waals surface area contributed by atoms with Crippen LogP contribution in [0.2, 0.25) is 0 Å². The fraction of sp³-hybridized carbons (Fsp3) is 0.409. The minimum Gasteiger partial charge on any atom is -0.320 e. The van der Waals surface area contributed by atoms with E-state index in [-0.39, 0.29) is 18.4 Å². The van der Waals surface area contributed by atoms with E-state index in [9.17, 15) is 9.59 Å². The van der Waals surface area contributed by atoms with Gasteiger partial charge in [-0.15, -0.1) is 0 Å². The number of carbonyl (C=O) groups excluding carboxylic acids is 2. The second-order valence-corrected chi connectivity index (χ2v) is 7.29. The van der Waals surface area contributed by atoms with Crippen LogP contribution in [0.15, 0.2) is 30.5 Å². The maximum Gasteiger partial charge on any atom is 0.259 e. The molecule has 0 fully saturated rings. The van der Waals surface area contributed by atoms with Crippen molar-refractivity contribution >= 4 is 29.0 Å². The van der Waals surface area contributed by atoms with Gasteiger partial charge in [0, 0.05) is 6.20 Å². The Balaban J connectivity index is 2.10. The third kappa shape index (κ3) is 3.92. The molecule has 0 bridgehead atoms. The lowest BCUT2D eigenvalue weighted by atomic mass is 10.1. The maximum atomic E-state index is 13.4. The van der Waals surface area contributed by atoms with Crippen molar-refractivity contribution in [3.63, 3.8) is 0 Å². The smallest absolute Gasteiger partial charge is 0.259 e. The van der Waals surface area contributed by atoms with Crippen molar-refractivity contribution in [3.8, 4) is 0 Å². The fourth-order valence-electron chi connectivity index (χ4n) is 3.56. The zero-order valence-corrected chi connectivity index (χ0v) is 17.1. The molecule has 0 unspecified atom stereocenters. The summed E-state index contributed by atoms with van der Waals surface area (Å²) in [5, 5.41) is 2.95. The van der Waals surface area contributed by atoms with Crippen LogP contribution in [0.4, 0.5) is 17.2 Å². The number of carbonyl (C=O) groups is 2. The number of anilines is 3. The largest absolute Gasteiger partial charge is 0.320 e. The van der Waals surface area contributed by atoms with E-state index in [4.69, 9.17) is 0 Å². The van der Waals surface area contributed by atoms with E-state index >= 15 is 0 Å². The molecule has 148 valence electrons. The van der Waals surface area contributed by atoms with Gasteiger partial charge in [-0.2, -0.15) is 0 Å². The van der Waals surface area contributed by atoms with E-state index in [1.165, 1.54) is 0 Å². The van der Waals surface area contributed by atoms with Gasteiger partial charge in [0.2, 0.25) is 5.91 Å². The van der Waals surface area contributed by atoms with E-state index in [1.807, 2.05) is 26.0 Å². The van der Waals surface area contributed by atoms with Crippen LogP contribution in [0.5, 0.6) is 0 Å². The summed E-state index contributed by atoms with van der Waals surface area (Å²) in [5.74, 6) is 0.0599. The summed E-state index contributed by atoms with van der Waals surface area (Å²) < 4.78 is 0. The number of rotatable bonds is 6. The van der Waals surface area contributed by atoms with Gasteiger partial charge >= 0.3 is 0 Å². The summed E-state index contributed by atoms with van der Waals surface area (Å²) in [7, 11) is 0. The minimum atomic E-state index is -0.248. The Hall–Kier alpha value is -2.73. The molecule has 1 aromatic heterocycles. The predicted molar refractivity (Wildman–Crippen MR) is 112 cm³/mol. The van der Waals surface area contributed by atoms with Crippen molar-refractivity contribution in [2.75, 3.05) is 29.9 Å². The highest BCUT2D eigenvalue weighted by atomic mass is 16.2. The molecule has 0 spiro atoms. The molecule has 0 aliphatic carbocycles.